The van der Waals surface area contributed by atoms with Crippen LogP contribution in [-0.2, 0) is 46.0 Å². The van der Waals surface area contributed by atoms with Crippen molar-refractivity contribution in [2.75, 3.05) is 0 Å². The van der Waals surface area contributed by atoms with Crippen LogP contribution in [0.15, 0.2) is 125 Å². The summed E-state index contributed by atoms with van der Waals surface area (Å²) in [7, 11) is 4.21. The highest BCUT2D eigenvalue weighted by molar-refractivity contribution is 6.36. The Kier molecular flexibility index (Phi) is 10.4. The summed E-state index contributed by atoms with van der Waals surface area (Å²) in [6, 6.07) is 29.3. The van der Waals surface area contributed by atoms with E-state index in [2.05, 4.69) is 41.4 Å². The number of nitrogens with zero attached hydrogens (tertiary/aromatic N) is 4. The summed E-state index contributed by atoms with van der Waals surface area (Å²) >= 11 is 12.3. The van der Waals surface area contributed by atoms with Gasteiger partial charge in [0.25, 0.3) is 11.1 Å². The van der Waals surface area contributed by atoms with Crippen LogP contribution < -0.4 is 11.1 Å². The lowest BCUT2D eigenvalue weighted by Gasteiger charge is -2.12. The number of alkyl halides is 3. The summed E-state index contributed by atoms with van der Waals surface area (Å²) in [6.45, 7) is 0. The number of rotatable bonds is 4. The second-order valence-corrected chi connectivity index (χ2v) is 16.6. The van der Waals surface area contributed by atoms with Crippen LogP contribution in [0.2, 0.25) is 10.0 Å². The van der Waals surface area contributed by atoms with Gasteiger partial charge < -0.3 is 9.13 Å². The van der Waals surface area contributed by atoms with Gasteiger partial charge in [-0.25, -0.2) is 0 Å². The van der Waals surface area contributed by atoms with Crippen molar-refractivity contribution in [1.82, 2.24) is 18.3 Å². The summed E-state index contributed by atoms with van der Waals surface area (Å²) in [6.07, 6.45) is 8.47. The molecule has 0 aliphatic heterocycles. The SMILES string of the molecule is Cn1c2c(c3ccc(-n4ccc(-c5ccc(C(F)(F)F)cc5)cc4=O)cc31)CCCC2.Cn1c2c(c3ccc(-n4ccc(-c5ccc(Cl)cc5Cl)cc4=O)cc31)CCCC2. The molecule has 2 aliphatic carbocycles. The Labute approximate surface area is 354 Å². The van der Waals surface area contributed by atoms with Crippen molar-refractivity contribution in [1.29, 1.82) is 0 Å². The molecule has 0 atom stereocenters. The van der Waals surface area contributed by atoms with Crippen molar-refractivity contribution >= 4 is 45.0 Å². The summed E-state index contributed by atoms with van der Waals surface area (Å²) < 4.78 is 46.1. The van der Waals surface area contributed by atoms with E-state index in [1.165, 1.54) is 82.7 Å². The second kappa shape index (κ2) is 15.7. The molecule has 0 saturated carbocycles. The van der Waals surface area contributed by atoms with Gasteiger partial charge in [0.2, 0.25) is 0 Å². The Hall–Kier alpha value is -5.77. The van der Waals surface area contributed by atoms with Crippen LogP contribution in [0.25, 0.3) is 55.4 Å². The van der Waals surface area contributed by atoms with E-state index in [1.807, 2.05) is 36.5 Å². The molecule has 11 heteroatoms. The van der Waals surface area contributed by atoms with Crippen molar-refractivity contribution in [3.05, 3.63) is 174 Å². The van der Waals surface area contributed by atoms with E-state index in [1.54, 1.807) is 39.6 Å². The summed E-state index contributed by atoms with van der Waals surface area (Å²) in [5.41, 5.74) is 11.4. The molecule has 0 radical (unpaired) electrons. The number of fused-ring (bicyclic) bond motifs is 6. The fourth-order valence-electron chi connectivity index (χ4n) is 9.10. The van der Waals surface area contributed by atoms with Crippen LogP contribution >= 0.6 is 23.2 Å². The number of hydrogen-bond donors (Lipinski definition) is 0. The van der Waals surface area contributed by atoms with E-state index in [4.69, 9.17) is 23.2 Å². The molecule has 4 aromatic carbocycles. The summed E-state index contributed by atoms with van der Waals surface area (Å²) in [4.78, 5) is 25.7. The maximum atomic E-state index is 12.9. The van der Waals surface area contributed by atoms with Crippen molar-refractivity contribution in [3.63, 3.8) is 0 Å². The Morgan fingerprint density at radius 2 is 1.03 bits per heavy atom. The lowest BCUT2D eigenvalue weighted by atomic mass is 9.95. The average molecular weight is 846 g/mol. The molecule has 0 amide bonds. The van der Waals surface area contributed by atoms with Crippen LogP contribution in [0.5, 0.6) is 0 Å². The largest absolute Gasteiger partial charge is 0.416 e. The standard InChI is InChI=1S/C25H21F3N2O.C24H20Cl2N2O/c1-29-22-5-3-2-4-20(22)21-11-10-19(15-23(21)29)30-13-12-17(14-24(30)31)16-6-8-18(9-7-16)25(26,27)28;1-27-22-5-3-2-4-19(22)20-9-7-17(14-23(20)27)28-11-10-15(12-24(28)29)18-8-6-16(25)13-21(18)26/h6-15H,2-5H2,1H3;6-14H,2-5H2,1H3. The molecule has 0 spiro atoms. The minimum Gasteiger partial charge on any atom is -0.347 e. The molecular weight excluding hydrogens is 804 g/mol. The lowest BCUT2D eigenvalue weighted by molar-refractivity contribution is -0.137. The molecule has 2 aliphatic rings. The number of pyridine rings is 2. The first kappa shape index (κ1) is 39.7. The van der Waals surface area contributed by atoms with E-state index in [-0.39, 0.29) is 11.1 Å². The quantitative estimate of drug-likeness (QED) is 0.177. The number of hydrogen-bond acceptors (Lipinski definition) is 2. The first-order valence-electron chi connectivity index (χ1n) is 20.2. The predicted molar refractivity (Wildman–Crippen MR) is 236 cm³/mol. The smallest absolute Gasteiger partial charge is 0.347 e. The minimum absolute atomic E-state index is 0.0909. The maximum absolute atomic E-state index is 12.9. The van der Waals surface area contributed by atoms with E-state index in [0.717, 1.165) is 65.8 Å². The normalized spacial score (nSPS) is 13.8. The lowest BCUT2D eigenvalue weighted by Crippen LogP contribution is -2.16. The highest BCUT2D eigenvalue weighted by Crippen LogP contribution is 2.35. The van der Waals surface area contributed by atoms with Gasteiger partial charge in [0, 0.05) is 76.4 Å². The third kappa shape index (κ3) is 7.28. The number of halogens is 5. The van der Waals surface area contributed by atoms with E-state index < -0.39 is 11.7 Å². The van der Waals surface area contributed by atoms with Crippen molar-refractivity contribution in [2.24, 2.45) is 14.1 Å². The maximum Gasteiger partial charge on any atom is 0.416 e. The van der Waals surface area contributed by atoms with Gasteiger partial charge in [-0.15, -0.1) is 0 Å². The highest BCUT2D eigenvalue weighted by atomic mass is 35.5. The molecule has 0 fully saturated rings. The van der Waals surface area contributed by atoms with Gasteiger partial charge in [-0.1, -0.05) is 53.5 Å². The van der Waals surface area contributed by atoms with Gasteiger partial charge in [0.15, 0.2) is 0 Å². The molecule has 0 bridgehead atoms. The van der Waals surface area contributed by atoms with Crippen LogP contribution in [0.3, 0.4) is 0 Å². The summed E-state index contributed by atoms with van der Waals surface area (Å²) in [5.74, 6) is 0. The van der Waals surface area contributed by atoms with Gasteiger partial charge in [-0.3, -0.25) is 18.7 Å². The van der Waals surface area contributed by atoms with E-state index in [0.29, 0.717) is 21.2 Å². The Bertz CT molecular complexity index is 3080. The average Bonchev–Trinajstić information content (AvgIpc) is 3.70. The van der Waals surface area contributed by atoms with Gasteiger partial charge in [-0.2, -0.15) is 13.2 Å². The molecular formula is C49H41Cl2F3N4O2. The second-order valence-electron chi connectivity index (χ2n) is 15.7. The van der Waals surface area contributed by atoms with E-state index >= 15 is 0 Å². The van der Waals surface area contributed by atoms with Crippen molar-refractivity contribution in [2.45, 2.75) is 57.5 Å². The molecule has 4 aromatic heterocycles. The molecule has 6 nitrogen and oxygen atoms in total. The van der Waals surface area contributed by atoms with E-state index in [9.17, 15) is 22.8 Å². The Morgan fingerprint density at radius 1 is 0.533 bits per heavy atom. The number of aromatic nitrogens is 4. The fraction of sp³-hybridized carbons (Fsp3) is 0.224. The zero-order valence-electron chi connectivity index (χ0n) is 33.1. The number of benzene rings is 4. The third-order valence-electron chi connectivity index (χ3n) is 12.2. The predicted octanol–water partition coefficient (Wildman–Crippen LogP) is 12.1. The van der Waals surface area contributed by atoms with Gasteiger partial charge >= 0.3 is 6.18 Å². The zero-order chi connectivity index (χ0) is 41.9. The zero-order valence-corrected chi connectivity index (χ0v) is 34.6. The summed E-state index contributed by atoms with van der Waals surface area (Å²) in [5, 5.41) is 3.66. The topological polar surface area (TPSA) is 53.9 Å². The fourth-order valence-corrected chi connectivity index (χ4v) is 9.62. The molecule has 0 N–H and O–H groups in total. The van der Waals surface area contributed by atoms with Gasteiger partial charge in [-0.05, 0) is 140 Å². The van der Waals surface area contributed by atoms with Crippen LogP contribution in [0, 0.1) is 0 Å². The molecule has 0 saturated heterocycles. The third-order valence-corrected chi connectivity index (χ3v) is 12.8. The molecule has 60 heavy (non-hydrogen) atoms. The van der Waals surface area contributed by atoms with Crippen molar-refractivity contribution in [3.8, 4) is 33.6 Å². The Balaban J connectivity index is 0.000000154. The molecule has 4 heterocycles. The molecule has 8 aromatic rings. The first-order chi connectivity index (χ1) is 28.9. The van der Waals surface area contributed by atoms with Crippen LogP contribution in [0.4, 0.5) is 13.2 Å². The van der Waals surface area contributed by atoms with Crippen LogP contribution in [0.1, 0.15) is 53.8 Å². The Morgan fingerprint density at radius 3 is 1.53 bits per heavy atom. The van der Waals surface area contributed by atoms with Gasteiger partial charge in [0.05, 0.1) is 28.0 Å². The molecule has 0 unspecified atom stereocenters. The first-order valence-corrected chi connectivity index (χ1v) is 20.9. The minimum atomic E-state index is -4.38. The monoisotopic (exact) mass is 844 g/mol. The highest BCUT2D eigenvalue weighted by Gasteiger charge is 2.30. The molecule has 304 valence electrons. The van der Waals surface area contributed by atoms with Gasteiger partial charge in [0.1, 0.15) is 0 Å². The number of aryl methyl sites for hydroxylation is 4. The van der Waals surface area contributed by atoms with Crippen LogP contribution in [-0.4, -0.2) is 18.3 Å². The molecule has 10 rings (SSSR count). The van der Waals surface area contributed by atoms with Crippen molar-refractivity contribution < 1.29 is 13.2 Å².